The topological polar surface area (TPSA) is 71.9 Å². The number of ether oxygens (including phenoxy) is 1. The van der Waals surface area contributed by atoms with Crippen molar-refractivity contribution in [2.45, 2.75) is 17.9 Å². The van der Waals surface area contributed by atoms with Crippen LogP contribution >= 0.6 is 11.8 Å². The van der Waals surface area contributed by atoms with E-state index in [1.165, 1.54) is 11.8 Å². The first-order chi connectivity index (χ1) is 11.8. The van der Waals surface area contributed by atoms with Gasteiger partial charge in [0.25, 0.3) is 11.1 Å². The van der Waals surface area contributed by atoms with Gasteiger partial charge in [-0.05, 0) is 30.7 Å². The lowest BCUT2D eigenvalue weighted by molar-refractivity contribution is 0.340. The van der Waals surface area contributed by atoms with Crippen LogP contribution < -0.4 is 4.74 Å². The Morgan fingerprint density at radius 3 is 2.75 bits per heavy atom. The molecule has 0 radical (unpaired) electrons. The minimum Gasteiger partial charge on any atom is -0.493 e. The van der Waals surface area contributed by atoms with Crippen molar-refractivity contribution in [2.24, 2.45) is 0 Å². The molecule has 3 aromatic rings. The Morgan fingerprint density at radius 1 is 1.12 bits per heavy atom. The summed E-state index contributed by atoms with van der Waals surface area (Å²) in [6.07, 6.45) is 0. The monoisotopic (exact) mass is 337 g/mol. The third-order valence-electron chi connectivity index (χ3n) is 3.31. The van der Waals surface area contributed by atoms with Gasteiger partial charge in [-0.15, -0.1) is 10.2 Å². The third kappa shape index (κ3) is 3.58. The highest BCUT2D eigenvalue weighted by atomic mass is 32.2. The highest BCUT2D eigenvalue weighted by Crippen LogP contribution is 2.31. The maximum absolute atomic E-state index is 9.12. The van der Waals surface area contributed by atoms with Crippen molar-refractivity contribution < 1.29 is 9.15 Å². The molecule has 0 unspecified atom stereocenters. The Bertz CT molecular complexity index is 870. The Labute approximate surface area is 144 Å². The molecule has 5 nitrogen and oxygen atoms in total. The number of rotatable bonds is 6. The maximum Gasteiger partial charge on any atom is 0.277 e. The molecule has 6 heteroatoms. The van der Waals surface area contributed by atoms with Gasteiger partial charge in [0.1, 0.15) is 5.75 Å². The molecule has 0 bridgehead atoms. The first-order valence-corrected chi connectivity index (χ1v) is 8.47. The van der Waals surface area contributed by atoms with E-state index in [9.17, 15) is 0 Å². The number of hydrogen-bond acceptors (Lipinski definition) is 6. The summed E-state index contributed by atoms with van der Waals surface area (Å²) in [5, 5.41) is 17.8. The standard InChI is InChI=1S/C18H15N3O2S/c1-2-22-16-10-6-5-9-15(16)17-20-21-18(23-17)24-12-14-8-4-3-7-13(14)11-19/h3-10H,2,12H2,1H3. The number of nitrogens with zero attached hydrogens (tertiary/aromatic N) is 3. The van der Waals surface area contributed by atoms with Gasteiger partial charge in [0.15, 0.2) is 0 Å². The zero-order valence-corrected chi connectivity index (χ0v) is 13.9. The lowest BCUT2D eigenvalue weighted by atomic mass is 10.1. The van der Waals surface area contributed by atoms with Crippen molar-refractivity contribution >= 4 is 11.8 Å². The summed E-state index contributed by atoms with van der Waals surface area (Å²) in [4.78, 5) is 0. The number of aromatic nitrogens is 2. The minimum atomic E-state index is 0.426. The highest BCUT2D eigenvalue weighted by molar-refractivity contribution is 7.98. The Balaban J connectivity index is 1.76. The van der Waals surface area contributed by atoms with Crippen LogP contribution in [0.1, 0.15) is 18.1 Å². The Kier molecular flexibility index (Phi) is 5.14. The zero-order chi connectivity index (χ0) is 16.8. The first kappa shape index (κ1) is 16.1. The number of nitriles is 1. The van der Waals surface area contributed by atoms with E-state index in [-0.39, 0.29) is 0 Å². The summed E-state index contributed by atoms with van der Waals surface area (Å²) in [5.74, 6) is 1.74. The van der Waals surface area contributed by atoms with Crippen molar-refractivity contribution in [1.29, 1.82) is 5.26 Å². The number of benzene rings is 2. The molecule has 0 saturated heterocycles. The molecule has 0 N–H and O–H groups in total. The maximum atomic E-state index is 9.12. The van der Waals surface area contributed by atoms with Crippen LogP contribution in [0.4, 0.5) is 0 Å². The molecule has 120 valence electrons. The van der Waals surface area contributed by atoms with E-state index >= 15 is 0 Å². The molecule has 0 saturated carbocycles. The molecule has 0 aliphatic rings. The normalized spacial score (nSPS) is 10.3. The smallest absolute Gasteiger partial charge is 0.277 e. The molecule has 0 spiro atoms. The van der Waals surface area contributed by atoms with Gasteiger partial charge in [0, 0.05) is 5.75 Å². The van der Waals surface area contributed by atoms with Crippen LogP contribution in [0.5, 0.6) is 5.75 Å². The van der Waals surface area contributed by atoms with Gasteiger partial charge in [0.2, 0.25) is 0 Å². The second-order valence-electron chi connectivity index (χ2n) is 4.86. The van der Waals surface area contributed by atoms with Crippen LogP contribution in [0.2, 0.25) is 0 Å². The molecule has 0 atom stereocenters. The molecule has 0 aliphatic carbocycles. The van der Waals surface area contributed by atoms with Crippen molar-refractivity contribution in [2.75, 3.05) is 6.61 Å². The largest absolute Gasteiger partial charge is 0.493 e. The van der Waals surface area contributed by atoms with Crippen LogP contribution in [0.25, 0.3) is 11.5 Å². The molecule has 0 fully saturated rings. The van der Waals surface area contributed by atoms with Crippen molar-refractivity contribution in [1.82, 2.24) is 10.2 Å². The van der Waals surface area contributed by atoms with Gasteiger partial charge in [-0.3, -0.25) is 0 Å². The average molecular weight is 337 g/mol. The molecule has 1 heterocycles. The summed E-state index contributed by atoms with van der Waals surface area (Å²) >= 11 is 1.41. The third-order valence-corrected chi connectivity index (χ3v) is 4.18. The highest BCUT2D eigenvalue weighted by Gasteiger charge is 2.14. The SMILES string of the molecule is CCOc1ccccc1-c1nnc(SCc2ccccc2C#N)o1. The van der Waals surface area contributed by atoms with Gasteiger partial charge in [-0.25, -0.2) is 0 Å². The van der Waals surface area contributed by atoms with E-state index in [1.54, 1.807) is 6.07 Å². The average Bonchev–Trinajstić information content (AvgIpc) is 3.10. The molecule has 3 rings (SSSR count). The minimum absolute atomic E-state index is 0.426. The van der Waals surface area contributed by atoms with E-state index in [0.717, 1.165) is 16.9 Å². The Hall–Kier alpha value is -2.78. The predicted octanol–water partition coefficient (Wildman–Crippen LogP) is 4.30. The Morgan fingerprint density at radius 2 is 1.92 bits per heavy atom. The molecule has 0 aliphatic heterocycles. The molecule has 24 heavy (non-hydrogen) atoms. The van der Waals surface area contributed by atoms with E-state index < -0.39 is 0 Å². The van der Waals surface area contributed by atoms with Gasteiger partial charge in [0.05, 0.1) is 23.8 Å². The van der Waals surface area contributed by atoms with Crippen LogP contribution in [0.15, 0.2) is 58.2 Å². The van der Waals surface area contributed by atoms with E-state index in [4.69, 9.17) is 14.4 Å². The van der Waals surface area contributed by atoms with E-state index in [2.05, 4.69) is 16.3 Å². The number of hydrogen-bond donors (Lipinski definition) is 0. The summed E-state index contributed by atoms with van der Waals surface area (Å²) in [5.41, 5.74) is 2.38. The molecule has 1 aromatic heterocycles. The quantitative estimate of drug-likeness (QED) is 0.625. The lowest BCUT2D eigenvalue weighted by Crippen LogP contribution is -1.93. The fourth-order valence-corrected chi connectivity index (χ4v) is 2.96. The first-order valence-electron chi connectivity index (χ1n) is 7.48. The second kappa shape index (κ2) is 7.66. The van der Waals surface area contributed by atoms with Crippen LogP contribution in [-0.4, -0.2) is 16.8 Å². The summed E-state index contributed by atoms with van der Waals surface area (Å²) < 4.78 is 11.3. The zero-order valence-electron chi connectivity index (χ0n) is 13.1. The lowest BCUT2D eigenvalue weighted by Gasteiger charge is -2.06. The van der Waals surface area contributed by atoms with Crippen LogP contribution in [0.3, 0.4) is 0 Å². The molecular formula is C18H15N3O2S. The van der Waals surface area contributed by atoms with E-state index in [0.29, 0.717) is 29.0 Å². The van der Waals surface area contributed by atoms with Crippen LogP contribution in [0, 0.1) is 11.3 Å². The van der Waals surface area contributed by atoms with E-state index in [1.807, 2.05) is 49.4 Å². The summed E-state index contributed by atoms with van der Waals surface area (Å²) in [7, 11) is 0. The summed E-state index contributed by atoms with van der Waals surface area (Å²) in [6, 6.07) is 17.2. The van der Waals surface area contributed by atoms with Gasteiger partial charge in [-0.2, -0.15) is 5.26 Å². The molecular weight excluding hydrogens is 322 g/mol. The fourth-order valence-electron chi connectivity index (χ4n) is 2.20. The van der Waals surface area contributed by atoms with Crippen molar-refractivity contribution in [3.8, 4) is 23.3 Å². The van der Waals surface area contributed by atoms with Gasteiger partial charge < -0.3 is 9.15 Å². The number of para-hydroxylation sites is 1. The molecule has 0 amide bonds. The fraction of sp³-hybridized carbons (Fsp3) is 0.167. The van der Waals surface area contributed by atoms with Crippen molar-refractivity contribution in [3.05, 3.63) is 59.7 Å². The van der Waals surface area contributed by atoms with Crippen molar-refractivity contribution in [3.63, 3.8) is 0 Å². The van der Waals surface area contributed by atoms with Crippen LogP contribution in [-0.2, 0) is 5.75 Å². The second-order valence-corrected chi connectivity index (χ2v) is 5.79. The van der Waals surface area contributed by atoms with Gasteiger partial charge >= 0.3 is 0 Å². The predicted molar refractivity (Wildman–Crippen MR) is 91.6 cm³/mol. The molecule has 2 aromatic carbocycles. The number of thioether (sulfide) groups is 1. The van der Waals surface area contributed by atoms with Gasteiger partial charge in [-0.1, -0.05) is 42.1 Å². The summed E-state index contributed by atoms with van der Waals surface area (Å²) in [6.45, 7) is 2.50.